The van der Waals surface area contributed by atoms with E-state index in [9.17, 15) is 4.79 Å². The lowest BCUT2D eigenvalue weighted by molar-refractivity contribution is -0.121. The smallest absolute Gasteiger partial charge is 0.264 e. The molecule has 6 heteroatoms. The summed E-state index contributed by atoms with van der Waals surface area (Å²) in [7, 11) is 0. The molecule has 0 unspecified atom stereocenters. The van der Waals surface area contributed by atoms with Gasteiger partial charge >= 0.3 is 0 Å². The molecule has 0 radical (unpaired) electrons. The molecule has 0 fully saturated rings. The van der Waals surface area contributed by atoms with Crippen LogP contribution in [0.4, 0.5) is 5.69 Å². The highest BCUT2D eigenvalue weighted by Gasteiger charge is 2.22. The first-order valence-corrected chi connectivity index (χ1v) is 8.83. The van der Waals surface area contributed by atoms with Crippen LogP contribution in [-0.2, 0) is 11.2 Å². The number of para-hydroxylation sites is 1. The molecule has 1 aliphatic heterocycles. The van der Waals surface area contributed by atoms with E-state index in [-0.39, 0.29) is 12.5 Å². The molecule has 0 aromatic heterocycles. The first-order chi connectivity index (χ1) is 11.5. The molecule has 1 heterocycles. The summed E-state index contributed by atoms with van der Waals surface area (Å²) in [6.07, 6.45) is 0.930. The second-order valence-corrected chi connectivity index (χ2v) is 6.85. The van der Waals surface area contributed by atoms with Gasteiger partial charge in [0.05, 0.1) is 4.47 Å². The maximum Gasteiger partial charge on any atom is 0.264 e. The quantitative estimate of drug-likeness (QED) is 0.793. The number of anilines is 1. The molecule has 2 aromatic rings. The van der Waals surface area contributed by atoms with Crippen LogP contribution in [0.15, 0.2) is 46.9 Å². The number of halogens is 1. The molecule has 124 valence electrons. The Morgan fingerprint density at radius 3 is 2.92 bits per heavy atom. The molecule has 0 bridgehead atoms. The maximum atomic E-state index is 12.1. The molecule has 2 aromatic carbocycles. The average molecular weight is 405 g/mol. The van der Waals surface area contributed by atoms with E-state index in [0.717, 1.165) is 28.7 Å². The van der Waals surface area contributed by atoms with E-state index in [1.807, 2.05) is 48.2 Å². The van der Waals surface area contributed by atoms with E-state index in [0.29, 0.717) is 10.9 Å². The van der Waals surface area contributed by atoms with Gasteiger partial charge in [0.25, 0.3) is 5.91 Å². The summed E-state index contributed by atoms with van der Waals surface area (Å²) in [6.45, 7) is 2.69. The molecule has 0 aliphatic carbocycles. The molecule has 1 N–H and O–H groups in total. The highest BCUT2D eigenvalue weighted by atomic mass is 79.9. The monoisotopic (exact) mass is 404 g/mol. The van der Waals surface area contributed by atoms with Gasteiger partial charge in [-0.15, -0.1) is 0 Å². The minimum atomic E-state index is -0.267. The zero-order valence-electron chi connectivity index (χ0n) is 13.2. The van der Waals surface area contributed by atoms with Gasteiger partial charge < -0.3 is 9.64 Å². The van der Waals surface area contributed by atoms with Crippen LogP contribution < -0.4 is 15.0 Å². The molecule has 4 nitrogen and oxygen atoms in total. The van der Waals surface area contributed by atoms with Crippen molar-refractivity contribution >= 4 is 44.9 Å². The minimum Gasteiger partial charge on any atom is -0.483 e. The van der Waals surface area contributed by atoms with Crippen LogP contribution >= 0.6 is 28.1 Å². The van der Waals surface area contributed by atoms with Crippen molar-refractivity contribution < 1.29 is 9.53 Å². The normalized spacial score (nSPS) is 12.7. The maximum absolute atomic E-state index is 12.1. The molecule has 0 spiro atoms. The van der Waals surface area contributed by atoms with Gasteiger partial charge in [0.15, 0.2) is 11.7 Å². The highest BCUT2D eigenvalue weighted by molar-refractivity contribution is 9.10. The number of carbonyl (C=O) groups is 1. The summed E-state index contributed by atoms with van der Waals surface area (Å²) in [5, 5.41) is 3.16. The number of nitrogens with zero attached hydrogens (tertiary/aromatic N) is 1. The zero-order valence-corrected chi connectivity index (χ0v) is 15.6. The lowest BCUT2D eigenvalue weighted by Crippen LogP contribution is -2.43. The SMILES string of the molecule is Cc1ccc(OCC(=O)NC(=S)N2CCc3ccccc32)c(Br)c1. The van der Waals surface area contributed by atoms with E-state index < -0.39 is 0 Å². The second kappa shape index (κ2) is 7.32. The van der Waals surface area contributed by atoms with Crippen LogP contribution in [0.5, 0.6) is 5.75 Å². The molecule has 24 heavy (non-hydrogen) atoms. The van der Waals surface area contributed by atoms with E-state index >= 15 is 0 Å². The fourth-order valence-electron chi connectivity index (χ4n) is 2.64. The van der Waals surface area contributed by atoms with Crippen LogP contribution in [0, 0.1) is 6.92 Å². The van der Waals surface area contributed by atoms with E-state index in [1.165, 1.54) is 5.56 Å². The van der Waals surface area contributed by atoms with Gasteiger partial charge in [-0.1, -0.05) is 24.3 Å². The van der Waals surface area contributed by atoms with E-state index in [1.54, 1.807) is 0 Å². The van der Waals surface area contributed by atoms with Crippen molar-refractivity contribution in [1.82, 2.24) is 5.32 Å². The standard InChI is InChI=1S/C18H17BrN2O2S/c1-12-6-7-16(14(19)10-12)23-11-17(22)20-18(24)21-9-8-13-4-2-3-5-15(13)21/h2-7,10H,8-9,11H2,1H3,(H,20,22,24). The first-order valence-electron chi connectivity index (χ1n) is 7.63. The Labute approximate surface area is 154 Å². The van der Waals surface area contributed by atoms with Crippen molar-refractivity contribution in [3.63, 3.8) is 0 Å². The zero-order chi connectivity index (χ0) is 17.1. The third-order valence-electron chi connectivity index (χ3n) is 3.82. The first kappa shape index (κ1) is 16.9. The van der Waals surface area contributed by atoms with Gasteiger partial charge in [-0.2, -0.15) is 0 Å². The number of nitrogens with one attached hydrogen (secondary N) is 1. The van der Waals surface area contributed by atoms with E-state index in [4.69, 9.17) is 17.0 Å². The summed E-state index contributed by atoms with van der Waals surface area (Å²) in [6, 6.07) is 13.8. The Kier molecular flexibility index (Phi) is 5.16. The van der Waals surface area contributed by atoms with Gasteiger partial charge in [0, 0.05) is 12.2 Å². The largest absolute Gasteiger partial charge is 0.483 e. The number of hydrogen-bond acceptors (Lipinski definition) is 3. The van der Waals surface area contributed by atoms with Crippen LogP contribution in [0.2, 0.25) is 0 Å². The molecule has 0 saturated heterocycles. The number of carbonyl (C=O) groups excluding carboxylic acids is 1. The Bertz CT molecular complexity index is 794. The number of benzene rings is 2. The van der Waals surface area contributed by atoms with Crippen LogP contribution in [0.3, 0.4) is 0 Å². The predicted molar refractivity (Wildman–Crippen MR) is 103 cm³/mol. The molecule has 0 saturated carbocycles. The number of amides is 1. The lowest BCUT2D eigenvalue weighted by Gasteiger charge is -2.20. The Balaban J connectivity index is 1.56. The van der Waals surface area contributed by atoms with Crippen molar-refractivity contribution in [2.45, 2.75) is 13.3 Å². The molecule has 1 aliphatic rings. The molecular weight excluding hydrogens is 388 g/mol. The number of thiocarbonyl (C=S) groups is 1. The van der Waals surface area contributed by atoms with Crippen molar-refractivity contribution in [2.24, 2.45) is 0 Å². The number of fused-ring (bicyclic) bond motifs is 1. The Hall–Kier alpha value is -1.92. The van der Waals surface area contributed by atoms with Crippen molar-refractivity contribution in [2.75, 3.05) is 18.1 Å². The van der Waals surface area contributed by atoms with Crippen molar-refractivity contribution in [3.8, 4) is 5.75 Å². The summed E-state index contributed by atoms with van der Waals surface area (Å²) in [5.74, 6) is 0.366. The van der Waals surface area contributed by atoms with Gasteiger partial charge in [0.2, 0.25) is 0 Å². The lowest BCUT2D eigenvalue weighted by atomic mass is 10.2. The third kappa shape index (κ3) is 3.76. The van der Waals surface area contributed by atoms with Crippen LogP contribution in [0.25, 0.3) is 0 Å². The number of ether oxygens (including phenoxy) is 1. The summed E-state index contributed by atoms with van der Waals surface area (Å²) in [5.41, 5.74) is 3.42. The Morgan fingerprint density at radius 1 is 1.33 bits per heavy atom. The van der Waals surface area contributed by atoms with Crippen LogP contribution in [0.1, 0.15) is 11.1 Å². The fourth-order valence-corrected chi connectivity index (χ4v) is 3.55. The topological polar surface area (TPSA) is 41.6 Å². The highest BCUT2D eigenvalue weighted by Crippen LogP contribution is 2.27. The molecule has 0 atom stereocenters. The minimum absolute atomic E-state index is 0.0860. The summed E-state index contributed by atoms with van der Waals surface area (Å²) in [4.78, 5) is 14.1. The summed E-state index contributed by atoms with van der Waals surface area (Å²) >= 11 is 8.80. The predicted octanol–water partition coefficient (Wildman–Crippen LogP) is 3.60. The van der Waals surface area contributed by atoms with Gasteiger partial charge in [-0.05, 0) is 70.8 Å². The van der Waals surface area contributed by atoms with Crippen molar-refractivity contribution in [3.05, 3.63) is 58.1 Å². The number of rotatable bonds is 3. The fraction of sp³-hybridized carbons (Fsp3) is 0.222. The van der Waals surface area contributed by atoms with Gasteiger partial charge in [-0.25, -0.2) is 0 Å². The number of hydrogen-bond donors (Lipinski definition) is 1. The summed E-state index contributed by atoms with van der Waals surface area (Å²) < 4.78 is 6.37. The number of aryl methyl sites for hydroxylation is 1. The van der Waals surface area contributed by atoms with Crippen LogP contribution in [-0.4, -0.2) is 24.2 Å². The van der Waals surface area contributed by atoms with Crippen molar-refractivity contribution in [1.29, 1.82) is 0 Å². The molecule has 1 amide bonds. The second-order valence-electron chi connectivity index (χ2n) is 5.61. The third-order valence-corrected chi connectivity index (χ3v) is 4.77. The average Bonchev–Trinajstić information content (AvgIpc) is 2.98. The van der Waals surface area contributed by atoms with Gasteiger partial charge in [0.1, 0.15) is 5.75 Å². The molecule has 3 rings (SSSR count). The molecular formula is C18H17BrN2O2S. The van der Waals surface area contributed by atoms with E-state index in [2.05, 4.69) is 27.3 Å². The van der Waals surface area contributed by atoms with Gasteiger partial charge in [-0.3, -0.25) is 10.1 Å². The Morgan fingerprint density at radius 2 is 2.12 bits per heavy atom.